The summed E-state index contributed by atoms with van der Waals surface area (Å²) in [5.41, 5.74) is -0.275. The largest absolute Gasteiger partial charge is 0.344 e. The summed E-state index contributed by atoms with van der Waals surface area (Å²) < 4.78 is 1.51. The SMILES string of the molecule is CC(C)n1c(SCC(=O)N(C)CCC#N)n[nH]c1=O. The molecule has 0 aliphatic carbocycles. The molecule has 0 atom stereocenters. The number of aromatic nitrogens is 3. The zero-order valence-electron chi connectivity index (χ0n) is 11.2. The van der Waals surface area contributed by atoms with Crippen LogP contribution in [0.1, 0.15) is 26.3 Å². The molecule has 1 amide bonds. The molecule has 0 spiro atoms. The molecule has 104 valence electrons. The molecule has 0 saturated carbocycles. The van der Waals surface area contributed by atoms with Crippen molar-refractivity contribution >= 4 is 17.7 Å². The molecule has 0 saturated heterocycles. The zero-order valence-corrected chi connectivity index (χ0v) is 12.0. The van der Waals surface area contributed by atoms with Crippen LogP contribution in [0.4, 0.5) is 0 Å². The van der Waals surface area contributed by atoms with Crippen molar-refractivity contribution in [1.82, 2.24) is 19.7 Å². The van der Waals surface area contributed by atoms with E-state index in [-0.39, 0.29) is 23.4 Å². The second-order valence-electron chi connectivity index (χ2n) is 4.29. The van der Waals surface area contributed by atoms with E-state index in [9.17, 15) is 9.59 Å². The molecule has 7 nitrogen and oxygen atoms in total. The first kappa shape index (κ1) is 15.3. The molecule has 1 N–H and O–H groups in total. The third-order valence-electron chi connectivity index (χ3n) is 2.50. The Hall–Kier alpha value is -1.75. The van der Waals surface area contributed by atoms with Gasteiger partial charge in [-0.15, -0.1) is 5.10 Å². The normalized spacial score (nSPS) is 10.5. The summed E-state index contributed by atoms with van der Waals surface area (Å²) in [5.74, 6) is 0.102. The van der Waals surface area contributed by atoms with Crippen LogP contribution in [-0.2, 0) is 4.79 Å². The predicted molar refractivity (Wildman–Crippen MR) is 71.8 cm³/mol. The van der Waals surface area contributed by atoms with Crippen molar-refractivity contribution in [3.8, 4) is 6.07 Å². The highest BCUT2D eigenvalue weighted by molar-refractivity contribution is 7.99. The molecule has 1 heterocycles. The molecule has 0 aromatic carbocycles. The van der Waals surface area contributed by atoms with Gasteiger partial charge in [0.2, 0.25) is 5.91 Å². The van der Waals surface area contributed by atoms with Crippen molar-refractivity contribution in [2.24, 2.45) is 0 Å². The standard InChI is InChI=1S/C11H17N5O2S/c1-8(2)16-10(18)13-14-11(16)19-7-9(17)15(3)6-4-5-12/h8H,4,6-7H2,1-3H3,(H,13,18). The van der Waals surface area contributed by atoms with E-state index < -0.39 is 0 Å². The molecule has 8 heteroatoms. The second-order valence-corrected chi connectivity index (χ2v) is 5.23. The number of amides is 1. The average molecular weight is 283 g/mol. The van der Waals surface area contributed by atoms with Crippen molar-refractivity contribution in [3.05, 3.63) is 10.5 Å². The molecule has 0 radical (unpaired) electrons. The number of hydrogen-bond donors (Lipinski definition) is 1. The van der Waals surface area contributed by atoms with Crippen LogP contribution in [0.25, 0.3) is 0 Å². The monoisotopic (exact) mass is 283 g/mol. The number of nitriles is 1. The van der Waals surface area contributed by atoms with Crippen LogP contribution in [0.5, 0.6) is 0 Å². The number of nitrogens with zero attached hydrogens (tertiary/aromatic N) is 4. The summed E-state index contributed by atoms with van der Waals surface area (Å²) >= 11 is 1.21. The maximum absolute atomic E-state index is 11.8. The van der Waals surface area contributed by atoms with E-state index in [1.54, 1.807) is 7.05 Å². The fourth-order valence-corrected chi connectivity index (χ4v) is 2.44. The number of thioether (sulfide) groups is 1. The maximum Gasteiger partial charge on any atom is 0.344 e. The molecule has 0 fully saturated rings. The van der Waals surface area contributed by atoms with Crippen LogP contribution in [0.15, 0.2) is 9.95 Å². The van der Waals surface area contributed by atoms with Gasteiger partial charge < -0.3 is 4.90 Å². The van der Waals surface area contributed by atoms with Crippen LogP contribution in [0.3, 0.4) is 0 Å². The van der Waals surface area contributed by atoms with E-state index in [4.69, 9.17) is 5.26 Å². The number of carbonyl (C=O) groups is 1. The summed E-state index contributed by atoms with van der Waals surface area (Å²) in [6.45, 7) is 4.16. The maximum atomic E-state index is 11.8. The van der Waals surface area contributed by atoms with Gasteiger partial charge in [0.1, 0.15) is 0 Å². The van der Waals surface area contributed by atoms with Crippen LogP contribution >= 0.6 is 11.8 Å². The smallest absolute Gasteiger partial charge is 0.344 e. The highest BCUT2D eigenvalue weighted by atomic mass is 32.2. The first-order valence-electron chi connectivity index (χ1n) is 5.88. The summed E-state index contributed by atoms with van der Waals surface area (Å²) in [6.07, 6.45) is 0.312. The Morgan fingerprint density at radius 2 is 2.32 bits per heavy atom. The van der Waals surface area contributed by atoms with Crippen molar-refractivity contribution in [2.75, 3.05) is 19.3 Å². The van der Waals surface area contributed by atoms with E-state index in [1.165, 1.54) is 21.2 Å². The minimum atomic E-state index is -0.275. The lowest BCUT2D eigenvalue weighted by Crippen LogP contribution is -2.29. The van der Waals surface area contributed by atoms with Gasteiger partial charge in [0.05, 0.1) is 18.2 Å². The van der Waals surface area contributed by atoms with Crippen LogP contribution in [0.2, 0.25) is 0 Å². The Morgan fingerprint density at radius 1 is 1.63 bits per heavy atom. The molecule has 19 heavy (non-hydrogen) atoms. The molecule has 1 aromatic rings. The Kier molecular flexibility index (Phi) is 5.63. The lowest BCUT2D eigenvalue weighted by Gasteiger charge is -2.15. The van der Waals surface area contributed by atoms with Crippen molar-refractivity contribution in [3.63, 3.8) is 0 Å². The van der Waals surface area contributed by atoms with E-state index >= 15 is 0 Å². The van der Waals surface area contributed by atoms with E-state index in [0.717, 1.165) is 0 Å². The Balaban J connectivity index is 2.60. The van der Waals surface area contributed by atoms with Crippen molar-refractivity contribution < 1.29 is 4.79 Å². The first-order chi connectivity index (χ1) is 8.97. The van der Waals surface area contributed by atoms with Crippen molar-refractivity contribution in [2.45, 2.75) is 31.5 Å². The van der Waals surface area contributed by atoms with Gasteiger partial charge in [0, 0.05) is 19.6 Å². The fourth-order valence-electron chi connectivity index (χ4n) is 1.43. The van der Waals surface area contributed by atoms with Gasteiger partial charge >= 0.3 is 5.69 Å². The van der Waals surface area contributed by atoms with Gasteiger partial charge in [-0.3, -0.25) is 9.36 Å². The second kappa shape index (κ2) is 6.99. The molecule has 1 aromatic heterocycles. The Bertz CT molecular complexity index is 528. The van der Waals surface area contributed by atoms with Gasteiger partial charge in [-0.2, -0.15) is 5.26 Å². The van der Waals surface area contributed by atoms with E-state index in [2.05, 4.69) is 10.2 Å². The van der Waals surface area contributed by atoms with Crippen LogP contribution in [0, 0.1) is 11.3 Å². The zero-order chi connectivity index (χ0) is 14.4. The molecule has 1 rings (SSSR count). The highest BCUT2D eigenvalue weighted by Crippen LogP contribution is 2.17. The summed E-state index contributed by atoms with van der Waals surface area (Å²) in [7, 11) is 1.65. The average Bonchev–Trinajstić information content (AvgIpc) is 2.74. The summed E-state index contributed by atoms with van der Waals surface area (Å²) in [5, 5.41) is 15.2. The lowest BCUT2D eigenvalue weighted by molar-refractivity contribution is -0.127. The van der Waals surface area contributed by atoms with Crippen LogP contribution in [-0.4, -0.2) is 44.9 Å². The number of carbonyl (C=O) groups excluding carboxylic acids is 1. The van der Waals surface area contributed by atoms with E-state index in [1.807, 2.05) is 19.9 Å². The quantitative estimate of drug-likeness (QED) is 0.772. The number of rotatable bonds is 6. The minimum absolute atomic E-state index is 0.0137. The number of aromatic amines is 1. The van der Waals surface area contributed by atoms with Gasteiger partial charge in [0.25, 0.3) is 0 Å². The number of nitrogens with one attached hydrogen (secondary N) is 1. The molecule has 0 bridgehead atoms. The van der Waals surface area contributed by atoms with E-state index in [0.29, 0.717) is 18.1 Å². The Morgan fingerprint density at radius 3 is 2.89 bits per heavy atom. The van der Waals surface area contributed by atoms with Gasteiger partial charge in [-0.05, 0) is 13.8 Å². The van der Waals surface area contributed by atoms with Gasteiger partial charge in [-0.25, -0.2) is 9.89 Å². The predicted octanol–water partition coefficient (Wildman–Crippen LogP) is 0.616. The summed E-state index contributed by atoms with van der Waals surface area (Å²) in [4.78, 5) is 24.8. The van der Waals surface area contributed by atoms with Gasteiger partial charge in [0.15, 0.2) is 5.16 Å². The molecular weight excluding hydrogens is 266 g/mol. The van der Waals surface area contributed by atoms with Crippen molar-refractivity contribution in [1.29, 1.82) is 5.26 Å². The minimum Gasteiger partial charge on any atom is -0.344 e. The fraction of sp³-hybridized carbons (Fsp3) is 0.636. The van der Waals surface area contributed by atoms with Crippen LogP contribution < -0.4 is 5.69 Å². The lowest BCUT2D eigenvalue weighted by atomic mass is 10.4. The topological polar surface area (TPSA) is 94.8 Å². The molecule has 0 aliphatic rings. The Labute approximate surface area is 115 Å². The summed E-state index contributed by atoms with van der Waals surface area (Å²) in [6, 6.07) is 1.98. The molecular formula is C11H17N5O2S. The third-order valence-corrected chi connectivity index (χ3v) is 3.44. The molecule has 0 aliphatic heterocycles. The van der Waals surface area contributed by atoms with Gasteiger partial charge in [-0.1, -0.05) is 11.8 Å². The number of H-pyrrole nitrogens is 1. The highest BCUT2D eigenvalue weighted by Gasteiger charge is 2.15. The first-order valence-corrected chi connectivity index (χ1v) is 6.86. The molecule has 0 unspecified atom stereocenters. The number of hydrogen-bond acceptors (Lipinski definition) is 5. The third kappa shape index (κ3) is 4.13.